The maximum Gasteiger partial charge on any atom is 0.158 e. The summed E-state index contributed by atoms with van der Waals surface area (Å²) in [5.41, 5.74) is -0.353. The Kier molecular flexibility index (Phi) is 1.56. The van der Waals surface area contributed by atoms with E-state index in [9.17, 15) is 13.2 Å². The van der Waals surface area contributed by atoms with E-state index in [1.54, 1.807) is 0 Å². The molecule has 0 radical (unpaired) electrons. The van der Waals surface area contributed by atoms with Crippen LogP contribution in [0.2, 0.25) is 0 Å². The SMILES string of the molecule is O=C1CC2(COC2)CS(=O)(=O)C1. The highest BCUT2D eigenvalue weighted by Gasteiger charge is 2.47. The monoisotopic (exact) mass is 190 g/mol. The van der Waals surface area contributed by atoms with Gasteiger partial charge in [0.25, 0.3) is 0 Å². The molecule has 0 unspecified atom stereocenters. The molecule has 2 saturated heterocycles. The first-order valence-electron chi connectivity index (χ1n) is 3.81. The number of carbonyl (C=O) groups excluding carboxylic acids is 1. The number of hydrogen-bond acceptors (Lipinski definition) is 4. The molecule has 0 aromatic carbocycles. The van der Waals surface area contributed by atoms with Crippen LogP contribution in [-0.2, 0) is 19.4 Å². The number of hydrogen-bond donors (Lipinski definition) is 0. The van der Waals surface area contributed by atoms with Crippen LogP contribution in [-0.4, -0.2) is 38.9 Å². The van der Waals surface area contributed by atoms with Crippen molar-refractivity contribution in [3.05, 3.63) is 0 Å². The van der Waals surface area contributed by atoms with Gasteiger partial charge < -0.3 is 4.74 Å². The minimum atomic E-state index is -3.13. The second kappa shape index (κ2) is 2.29. The Morgan fingerprint density at radius 1 is 1.33 bits per heavy atom. The van der Waals surface area contributed by atoms with Crippen molar-refractivity contribution in [2.75, 3.05) is 24.7 Å². The smallest absolute Gasteiger partial charge is 0.158 e. The van der Waals surface area contributed by atoms with E-state index in [-0.39, 0.29) is 22.7 Å². The van der Waals surface area contributed by atoms with E-state index in [1.807, 2.05) is 0 Å². The van der Waals surface area contributed by atoms with E-state index in [0.29, 0.717) is 19.6 Å². The minimum Gasteiger partial charge on any atom is -0.380 e. The summed E-state index contributed by atoms with van der Waals surface area (Å²) in [5, 5.41) is 0. The lowest BCUT2D eigenvalue weighted by Gasteiger charge is -2.42. The largest absolute Gasteiger partial charge is 0.380 e. The zero-order chi connectivity index (χ0) is 8.82. The summed E-state index contributed by atoms with van der Waals surface area (Å²) in [6, 6.07) is 0. The zero-order valence-electron chi connectivity index (χ0n) is 6.58. The Balaban J connectivity index is 2.25. The summed E-state index contributed by atoms with van der Waals surface area (Å²) in [6.07, 6.45) is 0.381. The maximum absolute atomic E-state index is 11.2. The van der Waals surface area contributed by atoms with Crippen LogP contribution in [0.3, 0.4) is 0 Å². The standard InChI is InChI=1S/C7H10O4S/c8-6-1-7(3-11-4-7)5-12(9,10)2-6/h1-5H2. The molecule has 2 heterocycles. The molecule has 0 aliphatic carbocycles. The molecule has 0 aromatic rings. The fourth-order valence-corrected chi connectivity index (χ4v) is 3.76. The Morgan fingerprint density at radius 2 is 2.00 bits per heavy atom. The van der Waals surface area contributed by atoms with Crippen LogP contribution in [0.15, 0.2) is 0 Å². The molecular formula is C7H10O4S. The van der Waals surface area contributed by atoms with Crippen LogP contribution in [0.1, 0.15) is 6.42 Å². The van der Waals surface area contributed by atoms with Gasteiger partial charge in [-0.05, 0) is 0 Å². The van der Waals surface area contributed by atoms with Crippen molar-refractivity contribution in [1.82, 2.24) is 0 Å². The average Bonchev–Trinajstić information content (AvgIpc) is 1.79. The number of sulfone groups is 1. The van der Waals surface area contributed by atoms with Gasteiger partial charge in [0, 0.05) is 11.8 Å². The summed E-state index contributed by atoms with van der Waals surface area (Å²) < 4.78 is 27.3. The zero-order valence-corrected chi connectivity index (χ0v) is 7.39. The van der Waals surface area contributed by atoms with Crippen molar-refractivity contribution < 1.29 is 17.9 Å². The molecule has 2 aliphatic heterocycles. The van der Waals surface area contributed by atoms with E-state index < -0.39 is 9.84 Å². The highest BCUT2D eigenvalue weighted by molar-refractivity contribution is 7.92. The number of carbonyl (C=O) groups is 1. The molecule has 2 fully saturated rings. The molecule has 2 aliphatic rings. The molecule has 5 heteroatoms. The second-order valence-electron chi connectivity index (χ2n) is 3.74. The molecular weight excluding hydrogens is 180 g/mol. The summed E-state index contributed by atoms with van der Waals surface area (Å²) in [7, 11) is -3.13. The summed E-state index contributed by atoms with van der Waals surface area (Å²) >= 11 is 0. The van der Waals surface area contributed by atoms with Crippen molar-refractivity contribution in [2.24, 2.45) is 5.41 Å². The highest BCUT2D eigenvalue weighted by atomic mass is 32.2. The van der Waals surface area contributed by atoms with Crippen LogP contribution in [0.5, 0.6) is 0 Å². The molecule has 0 saturated carbocycles. The van der Waals surface area contributed by atoms with Crippen LogP contribution in [0.4, 0.5) is 0 Å². The van der Waals surface area contributed by atoms with Crippen molar-refractivity contribution >= 4 is 15.6 Å². The Bertz CT molecular complexity index is 312. The Hall–Kier alpha value is -0.420. The topological polar surface area (TPSA) is 60.4 Å². The van der Waals surface area contributed by atoms with Crippen molar-refractivity contribution in [2.45, 2.75) is 6.42 Å². The van der Waals surface area contributed by atoms with Gasteiger partial charge in [-0.25, -0.2) is 8.42 Å². The summed E-state index contributed by atoms with van der Waals surface area (Å²) in [6.45, 7) is 0.857. The summed E-state index contributed by atoms with van der Waals surface area (Å²) in [4.78, 5) is 11.1. The summed E-state index contributed by atoms with van der Waals surface area (Å²) in [5.74, 6) is -0.301. The van der Waals surface area contributed by atoms with Crippen LogP contribution >= 0.6 is 0 Å². The third-order valence-corrected chi connectivity index (χ3v) is 4.11. The van der Waals surface area contributed by atoms with Crippen molar-refractivity contribution in [3.63, 3.8) is 0 Å². The Labute approximate surface area is 70.8 Å². The molecule has 0 atom stereocenters. The number of rotatable bonds is 0. The van der Waals surface area contributed by atoms with Gasteiger partial charge in [-0.2, -0.15) is 0 Å². The number of ether oxygens (including phenoxy) is 1. The predicted octanol–water partition coefficient (Wildman–Crippen LogP) is -0.609. The molecule has 0 N–H and O–H groups in total. The Morgan fingerprint density at radius 3 is 2.42 bits per heavy atom. The van der Waals surface area contributed by atoms with Crippen molar-refractivity contribution in [3.8, 4) is 0 Å². The van der Waals surface area contributed by atoms with Crippen LogP contribution in [0, 0.1) is 5.41 Å². The van der Waals surface area contributed by atoms with Gasteiger partial charge in [0.15, 0.2) is 9.84 Å². The van der Waals surface area contributed by atoms with E-state index in [1.165, 1.54) is 0 Å². The van der Waals surface area contributed by atoms with Gasteiger partial charge in [-0.3, -0.25) is 4.79 Å². The number of ketones is 1. The lowest BCUT2D eigenvalue weighted by molar-refractivity contribution is -0.135. The quantitative estimate of drug-likeness (QED) is 0.511. The first-order valence-corrected chi connectivity index (χ1v) is 5.63. The predicted molar refractivity (Wildman–Crippen MR) is 41.5 cm³/mol. The third-order valence-electron chi connectivity index (χ3n) is 2.30. The maximum atomic E-state index is 11.2. The molecule has 12 heavy (non-hydrogen) atoms. The fourth-order valence-electron chi connectivity index (χ4n) is 1.86. The number of Topliss-reactive ketones (excluding diaryl/α,β-unsaturated/α-hetero) is 1. The van der Waals surface area contributed by atoms with Crippen LogP contribution < -0.4 is 0 Å². The van der Waals surface area contributed by atoms with Gasteiger partial charge in [0.05, 0.1) is 19.0 Å². The fraction of sp³-hybridized carbons (Fsp3) is 0.857. The van der Waals surface area contributed by atoms with Gasteiger partial charge in [-0.1, -0.05) is 0 Å². The normalized spacial score (nSPS) is 31.5. The third kappa shape index (κ3) is 1.27. The first kappa shape index (κ1) is 8.19. The molecule has 0 amide bonds. The minimum absolute atomic E-state index is 0.131. The van der Waals surface area contributed by atoms with E-state index in [4.69, 9.17) is 4.74 Å². The highest BCUT2D eigenvalue weighted by Crippen LogP contribution is 2.36. The van der Waals surface area contributed by atoms with Gasteiger partial charge in [0.1, 0.15) is 11.5 Å². The van der Waals surface area contributed by atoms with E-state index in [0.717, 1.165) is 0 Å². The molecule has 2 rings (SSSR count). The van der Waals surface area contributed by atoms with Gasteiger partial charge >= 0.3 is 0 Å². The van der Waals surface area contributed by atoms with Crippen LogP contribution in [0.25, 0.3) is 0 Å². The lowest BCUT2D eigenvalue weighted by atomic mass is 9.83. The first-order chi connectivity index (χ1) is 5.52. The molecule has 4 nitrogen and oxygen atoms in total. The van der Waals surface area contributed by atoms with Crippen molar-refractivity contribution in [1.29, 1.82) is 0 Å². The van der Waals surface area contributed by atoms with E-state index in [2.05, 4.69) is 0 Å². The molecule has 1 spiro atoms. The molecule has 0 aromatic heterocycles. The molecule has 0 bridgehead atoms. The molecule has 68 valence electrons. The van der Waals surface area contributed by atoms with E-state index >= 15 is 0 Å². The average molecular weight is 190 g/mol. The van der Waals surface area contributed by atoms with Gasteiger partial charge in [-0.15, -0.1) is 0 Å². The lowest BCUT2D eigenvalue weighted by Crippen LogP contribution is -2.53. The van der Waals surface area contributed by atoms with Gasteiger partial charge in [0.2, 0.25) is 0 Å². The second-order valence-corrected chi connectivity index (χ2v) is 5.80.